The van der Waals surface area contributed by atoms with E-state index in [1.54, 1.807) is 17.8 Å². The molecule has 0 amide bonds. The molecule has 1 aromatic rings. The number of hydrogen-bond acceptors (Lipinski definition) is 3. The highest BCUT2D eigenvalue weighted by Crippen LogP contribution is 2.08. The summed E-state index contributed by atoms with van der Waals surface area (Å²) >= 11 is 0. The van der Waals surface area contributed by atoms with Gasteiger partial charge in [-0.3, -0.25) is 4.68 Å². The summed E-state index contributed by atoms with van der Waals surface area (Å²) in [7, 11) is -3.45. The van der Waals surface area contributed by atoms with E-state index in [2.05, 4.69) is 5.10 Å². The summed E-state index contributed by atoms with van der Waals surface area (Å²) in [5.41, 5.74) is 1.41. The highest BCUT2D eigenvalue weighted by Gasteiger charge is 2.10. The van der Waals surface area contributed by atoms with Crippen molar-refractivity contribution in [2.24, 2.45) is 5.14 Å². The molecule has 0 radical (unpaired) electrons. The Hall–Kier alpha value is -0.880. The van der Waals surface area contributed by atoms with E-state index in [-0.39, 0.29) is 5.75 Å². The molecule has 2 N–H and O–H groups in total. The first-order valence-electron chi connectivity index (χ1n) is 4.46. The van der Waals surface area contributed by atoms with Crippen LogP contribution >= 0.6 is 0 Å². The second kappa shape index (κ2) is 4.10. The number of sulfonamides is 1. The molecular formula is C8H15N3O2S. The summed E-state index contributed by atoms with van der Waals surface area (Å²) in [5, 5.41) is 9.14. The van der Waals surface area contributed by atoms with Crippen molar-refractivity contribution in [1.29, 1.82) is 0 Å². The average molecular weight is 217 g/mol. The maximum atomic E-state index is 10.9. The summed E-state index contributed by atoms with van der Waals surface area (Å²) in [6, 6.07) is 0. The fraction of sp³-hybridized carbons (Fsp3) is 0.625. The predicted molar refractivity (Wildman–Crippen MR) is 54.1 cm³/mol. The topological polar surface area (TPSA) is 78.0 Å². The normalized spacial score (nSPS) is 11.9. The quantitative estimate of drug-likeness (QED) is 0.792. The van der Waals surface area contributed by atoms with Crippen molar-refractivity contribution in [3.05, 3.63) is 17.5 Å². The van der Waals surface area contributed by atoms with Gasteiger partial charge in [-0.15, -0.1) is 0 Å². The van der Waals surface area contributed by atoms with Crippen molar-refractivity contribution in [1.82, 2.24) is 9.78 Å². The molecule has 0 spiro atoms. The number of rotatable bonds is 4. The Morgan fingerprint density at radius 2 is 2.21 bits per heavy atom. The minimum atomic E-state index is -3.45. The van der Waals surface area contributed by atoms with Crippen LogP contribution in [0.15, 0.2) is 6.20 Å². The van der Waals surface area contributed by atoms with Crippen LogP contribution in [0, 0.1) is 6.92 Å². The van der Waals surface area contributed by atoms with E-state index >= 15 is 0 Å². The van der Waals surface area contributed by atoms with E-state index in [1.165, 1.54) is 0 Å². The Bertz CT molecular complexity index is 408. The molecule has 14 heavy (non-hydrogen) atoms. The molecule has 0 aliphatic rings. The summed E-state index contributed by atoms with van der Waals surface area (Å²) in [6.07, 6.45) is 2.71. The first kappa shape index (κ1) is 11.2. The lowest BCUT2D eigenvalue weighted by atomic mass is 10.3. The lowest BCUT2D eigenvalue weighted by Gasteiger charge is -1.95. The van der Waals surface area contributed by atoms with E-state index < -0.39 is 10.0 Å². The smallest absolute Gasteiger partial charge is 0.213 e. The Kier molecular flexibility index (Phi) is 3.28. The number of primary sulfonamides is 1. The van der Waals surface area contributed by atoms with Gasteiger partial charge in [0.25, 0.3) is 0 Å². The predicted octanol–water partition coefficient (Wildman–Crippen LogP) is 0.390. The SMILES string of the molecule is CCCn1cc(CS(N)(=O)=O)c(C)n1. The highest BCUT2D eigenvalue weighted by molar-refractivity contribution is 7.88. The van der Waals surface area contributed by atoms with E-state index in [4.69, 9.17) is 5.14 Å². The molecule has 1 heterocycles. The lowest BCUT2D eigenvalue weighted by Crippen LogP contribution is -2.14. The Balaban J connectivity index is 2.88. The molecule has 0 saturated carbocycles. The molecule has 0 aliphatic carbocycles. The van der Waals surface area contributed by atoms with Crippen LogP contribution in [-0.4, -0.2) is 18.2 Å². The van der Waals surface area contributed by atoms with Gasteiger partial charge in [-0.25, -0.2) is 13.6 Å². The molecule has 0 saturated heterocycles. The van der Waals surface area contributed by atoms with Crippen LogP contribution in [0.3, 0.4) is 0 Å². The maximum Gasteiger partial charge on any atom is 0.213 e. The molecule has 6 heteroatoms. The zero-order valence-corrected chi connectivity index (χ0v) is 9.21. The molecule has 0 bridgehead atoms. The second-order valence-corrected chi connectivity index (χ2v) is 4.92. The largest absolute Gasteiger partial charge is 0.272 e. The first-order chi connectivity index (χ1) is 6.42. The number of nitrogens with two attached hydrogens (primary N) is 1. The summed E-state index contributed by atoms with van der Waals surface area (Å²) < 4.78 is 23.5. The molecule has 0 aromatic carbocycles. The molecule has 5 nitrogen and oxygen atoms in total. The highest BCUT2D eigenvalue weighted by atomic mass is 32.2. The number of hydrogen-bond donors (Lipinski definition) is 1. The standard InChI is InChI=1S/C8H15N3O2S/c1-3-4-11-5-8(7(2)10-11)6-14(9,12)13/h5H,3-4,6H2,1-2H3,(H2,9,12,13). The van der Waals surface area contributed by atoms with E-state index in [0.717, 1.165) is 18.7 Å². The molecule has 0 fully saturated rings. The third-order valence-corrected chi connectivity index (χ3v) is 2.57. The zero-order chi connectivity index (χ0) is 10.8. The van der Waals surface area contributed by atoms with Gasteiger partial charge in [0, 0.05) is 18.3 Å². The third kappa shape index (κ3) is 3.12. The van der Waals surface area contributed by atoms with E-state index in [9.17, 15) is 8.42 Å². The van der Waals surface area contributed by atoms with Gasteiger partial charge in [0.2, 0.25) is 10.0 Å². The number of nitrogens with zero attached hydrogens (tertiary/aromatic N) is 2. The molecule has 0 unspecified atom stereocenters. The van der Waals surface area contributed by atoms with Crippen LogP contribution < -0.4 is 5.14 Å². The Morgan fingerprint density at radius 1 is 1.57 bits per heavy atom. The minimum absolute atomic E-state index is 0.136. The summed E-state index contributed by atoms with van der Waals surface area (Å²) in [6.45, 7) is 4.62. The Morgan fingerprint density at radius 3 is 2.71 bits per heavy atom. The fourth-order valence-electron chi connectivity index (χ4n) is 1.26. The van der Waals surface area contributed by atoms with Crippen LogP contribution in [0.2, 0.25) is 0 Å². The molecule has 80 valence electrons. The monoisotopic (exact) mass is 217 g/mol. The Labute approximate surface area is 84.0 Å². The average Bonchev–Trinajstić information content (AvgIpc) is 2.29. The second-order valence-electron chi connectivity index (χ2n) is 3.31. The number of aryl methyl sites for hydroxylation is 2. The first-order valence-corrected chi connectivity index (χ1v) is 6.17. The van der Waals surface area contributed by atoms with Gasteiger partial charge in [-0.05, 0) is 13.3 Å². The minimum Gasteiger partial charge on any atom is -0.272 e. The molecule has 0 atom stereocenters. The van der Waals surface area contributed by atoms with Gasteiger partial charge in [0.1, 0.15) is 0 Å². The van der Waals surface area contributed by atoms with Crippen LogP contribution in [-0.2, 0) is 22.3 Å². The van der Waals surface area contributed by atoms with Crippen molar-refractivity contribution in [3.8, 4) is 0 Å². The van der Waals surface area contributed by atoms with Gasteiger partial charge in [-0.1, -0.05) is 6.92 Å². The number of aromatic nitrogens is 2. The fourth-order valence-corrected chi connectivity index (χ4v) is 1.98. The molecule has 1 aromatic heterocycles. The van der Waals surface area contributed by atoms with Crippen molar-refractivity contribution in [2.75, 3.05) is 0 Å². The molecule has 1 rings (SSSR count). The maximum absolute atomic E-state index is 10.9. The lowest BCUT2D eigenvalue weighted by molar-refractivity contribution is 0.595. The summed E-state index contributed by atoms with van der Waals surface area (Å²) in [5.74, 6) is -0.136. The van der Waals surface area contributed by atoms with Gasteiger partial charge < -0.3 is 0 Å². The van der Waals surface area contributed by atoms with Crippen LogP contribution in [0.4, 0.5) is 0 Å². The van der Waals surface area contributed by atoms with Gasteiger partial charge in [-0.2, -0.15) is 5.10 Å². The van der Waals surface area contributed by atoms with Gasteiger partial charge in [0.15, 0.2) is 0 Å². The van der Waals surface area contributed by atoms with Crippen molar-refractivity contribution >= 4 is 10.0 Å². The van der Waals surface area contributed by atoms with Crippen LogP contribution in [0.1, 0.15) is 24.6 Å². The molecule has 0 aliphatic heterocycles. The van der Waals surface area contributed by atoms with E-state index in [1.807, 2.05) is 6.92 Å². The van der Waals surface area contributed by atoms with Crippen molar-refractivity contribution in [2.45, 2.75) is 32.6 Å². The van der Waals surface area contributed by atoms with Gasteiger partial charge in [0.05, 0.1) is 11.4 Å². The van der Waals surface area contributed by atoms with Crippen LogP contribution in [0.25, 0.3) is 0 Å². The van der Waals surface area contributed by atoms with E-state index in [0.29, 0.717) is 5.56 Å². The van der Waals surface area contributed by atoms with Crippen LogP contribution in [0.5, 0.6) is 0 Å². The van der Waals surface area contributed by atoms with Gasteiger partial charge >= 0.3 is 0 Å². The van der Waals surface area contributed by atoms with Crippen molar-refractivity contribution < 1.29 is 8.42 Å². The van der Waals surface area contributed by atoms with Crippen molar-refractivity contribution in [3.63, 3.8) is 0 Å². The summed E-state index contributed by atoms with van der Waals surface area (Å²) in [4.78, 5) is 0. The molecular weight excluding hydrogens is 202 g/mol. The zero-order valence-electron chi connectivity index (χ0n) is 8.40. The third-order valence-electron chi connectivity index (χ3n) is 1.86.